The number of nitro benzene ring substituents is 1. The third-order valence-electron chi connectivity index (χ3n) is 3.66. The molecule has 2 rings (SSSR count). The fourth-order valence-corrected chi connectivity index (χ4v) is 3.10. The van der Waals surface area contributed by atoms with Gasteiger partial charge in [-0.3, -0.25) is 10.1 Å². The van der Waals surface area contributed by atoms with Gasteiger partial charge in [-0.15, -0.1) is 0 Å². The third kappa shape index (κ3) is 5.77. The summed E-state index contributed by atoms with van der Waals surface area (Å²) in [5, 5.41) is 10.6. The zero-order chi connectivity index (χ0) is 19.3. The smallest absolute Gasteiger partial charge is 0.435 e. The average Bonchev–Trinajstić information content (AvgIpc) is 2.99. The van der Waals surface area contributed by atoms with E-state index < -0.39 is 27.4 Å². The molecule has 1 aromatic carbocycles. The van der Waals surface area contributed by atoms with Crippen LogP contribution in [0.25, 0.3) is 0 Å². The summed E-state index contributed by atoms with van der Waals surface area (Å²) in [4.78, 5) is 27.3. The summed E-state index contributed by atoms with van der Waals surface area (Å²) >= 11 is 0. The highest BCUT2D eigenvalue weighted by Crippen LogP contribution is 2.20. The number of hydrogen-bond donors (Lipinski definition) is 0. The van der Waals surface area contributed by atoms with Crippen molar-refractivity contribution < 1.29 is 27.1 Å². The second kappa shape index (κ2) is 8.23. The first kappa shape index (κ1) is 19.8. The molecule has 1 saturated heterocycles. The minimum atomic E-state index is -3.62. The van der Waals surface area contributed by atoms with E-state index >= 15 is 0 Å². The molecule has 1 heterocycles. The average molecular weight is 385 g/mol. The molecule has 142 valence electrons. The lowest BCUT2D eigenvalue weighted by Crippen LogP contribution is -2.37. The highest BCUT2D eigenvalue weighted by Gasteiger charge is 2.29. The quantitative estimate of drug-likeness (QED) is 0.248. The molecule has 1 aliphatic rings. The predicted octanol–water partition coefficient (Wildman–Crippen LogP) is 2.05. The number of benzene rings is 1. The van der Waals surface area contributed by atoms with Gasteiger partial charge in [0.05, 0.1) is 11.2 Å². The van der Waals surface area contributed by atoms with Gasteiger partial charge < -0.3 is 9.64 Å². The molecule has 0 aliphatic carbocycles. The van der Waals surface area contributed by atoms with Crippen molar-refractivity contribution in [1.82, 2.24) is 4.90 Å². The molecule has 11 heteroatoms. The Morgan fingerprint density at radius 3 is 2.62 bits per heavy atom. The molecule has 0 radical (unpaired) electrons. The number of amidine groups is 1. The molecular formula is C15H19N3O7S. The molecule has 10 nitrogen and oxygen atoms in total. The van der Waals surface area contributed by atoms with Gasteiger partial charge in [0, 0.05) is 18.7 Å². The van der Waals surface area contributed by atoms with Crippen molar-refractivity contribution in [3.63, 3.8) is 0 Å². The third-order valence-corrected chi connectivity index (χ3v) is 4.23. The van der Waals surface area contributed by atoms with E-state index in [1.165, 1.54) is 24.3 Å². The Balaban J connectivity index is 1.93. The molecule has 1 atom stereocenters. The van der Waals surface area contributed by atoms with Crippen molar-refractivity contribution in [3.05, 3.63) is 39.9 Å². The summed E-state index contributed by atoms with van der Waals surface area (Å²) in [5.74, 6) is 0.296. The van der Waals surface area contributed by atoms with Gasteiger partial charge in [0.1, 0.15) is 18.7 Å². The fraction of sp³-hybridized carbons (Fsp3) is 0.467. The van der Waals surface area contributed by atoms with Gasteiger partial charge in [0.2, 0.25) is 0 Å². The molecule has 0 aromatic heterocycles. The number of nitro groups is 1. The molecule has 0 spiro atoms. The van der Waals surface area contributed by atoms with E-state index in [4.69, 9.17) is 8.92 Å². The number of aliphatic imine (C=N–C) groups is 1. The Bertz CT molecular complexity index is 805. The van der Waals surface area contributed by atoms with Crippen LogP contribution in [0.1, 0.15) is 25.3 Å². The summed E-state index contributed by atoms with van der Waals surface area (Å²) in [6.45, 7) is 2.00. The molecule has 1 unspecified atom stereocenters. The van der Waals surface area contributed by atoms with Crippen LogP contribution in [-0.4, -0.2) is 49.2 Å². The van der Waals surface area contributed by atoms with Gasteiger partial charge >= 0.3 is 6.09 Å². The normalized spacial score (nSPS) is 18.0. The van der Waals surface area contributed by atoms with Crippen molar-refractivity contribution >= 4 is 27.7 Å². The lowest BCUT2D eigenvalue weighted by atomic mass is 10.2. The van der Waals surface area contributed by atoms with E-state index in [0.717, 1.165) is 6.26 Å². The largest absolute Gasteiger partial charge is 0.443 e. The lowest BCUT2D eigenvalue weighted by molar-refractivity contribution is -0.384. The Morgan fingerprint density at radius 2 is 2.04 bits per heavy atom. The molecule has 0 N–H and O–H groups in total. The minimum Gasteiger partial charge on any atom is -0.443 e. The van der Waals surface area contributed by atoms with E-state index in [9.17, 15) is 23.3 Å². The molecule has 0 saturated carbocycles. The van der Waals surface area contributed by atoms with Gasteiger partial charge in [-0.05, 0) is 37.5 Å². The van der Waals surface area contributed by atoms with Crippen LogP contribution in [0.2, 0.25) is 0 Å². The van der Waals surface area contributed by atoms with Crippen molar-refractivity contribution in [2.45, 2.75) is 32.6 Å². The molecule has 26 heavy (non-hydrogen) atoms. The van der Waals surface area contributed by atoms with E-state index in [0.29, 0.717) is 30.8 Å². The molecule has 1 amide bonds. The second-order valence-corrected chi connectivity index (χ2v) is 7.33. The molecule has 0 bridgehead atoms. The standard InChI is InChI=1S/C15H19N3O7S/c1-11(17-9-3-4-14(17)25-26(2,22)23)16-15(19)24-10-12-5-7-13(8-6-12)18(20)21/h5-8,14H,3-4,9-10H2,1-2H3/b16-11+. The summed E-state index contributed by atoms with van der Waals surface area (Å²) < 4.78 is 32.6. The highest BCUT2D eigenvalue weighted by atomic mass is 32.2. The van der Waals surface area contributed by atoms with Crippen LogP contribution in [0.15, 0.2) is 29.3 Å². The maximum Gasteiger partial charge on any atom is 0.435 e. The number of carbonyl (C=O) groups excluding carboxylic acids is 1. The second-order valence-electron chi connectivity index (χ2n) is 5.73. The van der Waals surface area contributed by atoms with E-state index in [2.05, 4.69) is 4.99 Å². The van der Waals surface area contributed by atoms with Gasteiger partial charge in [0.25, 0.3) is 15.8 Å². The molecule has 1 fully saturated rings. The van der Waals surface area contributed by atoms with Crippen LogP contribution in [0.4, 0.5) is 10.5 Å². The van der Waals surface area contributed by atoms with Crippen LogP contribution in [0, 0.1) is 10.1 Å². The van der Waals surface area contributed by atoms with E-state index in [1.807, 2.05) is 0 Å². The zero-order valence-corrected chi connectivity index (χ0v) is 15.1. The summed E-state index contributed by atoms with van der Waals surface area (Å²) in [5.41, 5.74) is 0.524. The van der Waals surface area contributed by atoms with Gasteiger partial charge in [-0.2, -0.15) is 13.4 Å². The van der Waals surface area contributed by atoms with Crippen LogP contribution < -0.4 is 0 Å². The zero-order valence-electron chi connectivity index (χ0n) is 14.3. The number of ether oxygens (including phenoxy) is 1. The Hall–Kier alpha value is -2.53. The van der Waals surface area contributed by atoms with Crippen LogP contribution in [0.3, 0.4) is 0 Å². The minimum absolute atomic E-state index is 0.0557. The fourth-order valence-electron chi connectivity index (χ4n) is 2.50. The van der Waals surface area contributed by atoms with E-state index in [1.54, 1.807) is 11.8 Å². The van der Waals surface area contributed by atoms with E-state index in [-0.39, 0.29) is 12.3 Å². The maximum atomic E-state index is 11.8. The van der Waals surface area contributed by atoms with Crippen LogP contribution in [0.5, 0.6) is 0 Å². The molecular weight excluding hydrogens is 366 g/mol. The van der Waals surface area contributed by atoms with Gasteiger partial charge in [-0.25, -0.2) is 8.98 Å². The molecule has 1 aromatic rings. The number of nitrogens with zero attached hydrogens (tertiary/aromatic N) is 3. The van der Waals surface area contributed by atoms with Crippen molar-refractivity contribution in [3.8, 4) is 0 Å². The predicted molar refractivity (Wildman–Crippen MR) is 92.0 cm³/mol. The summed E-state index contributed by atoms with van der Waals surface area (Å²) in [6, 6.07) is 5.60. The van der Waals surface area contributed by atoms with Gasteiger partial charge in [-0.1, -0.05) is 0 Å². The number of carbonyl (C=O) groups is 1. The Morgan fingerprint density at radius 1 is 1.38 bits per heavy atom. The Labute approximate surface area is 150 Å². The van der Waals surface area contributed by atoms with Crippen molar-refractivity contribution in [2.24, 2.45) is 4.99 Å². The summed E-state index contributed by atoms with van der Waals surface area (Å²) in [7, 11) is -3.62. The topological polar surface area (TPSA) is 128 Å². The van der Waals surface area contributed by atoms with Gasteiger partial charge in [0.15, 0.2) is 0 Å². The number of hydrogen-bond acceptors (Lipinski definition) is 7. The first-order valence-corrected chi connectivity index (χ1v) is 9.57. The monoisotopic (exact) mass is 385 g/mol. The highest BCUT2D eigenvalue weighted by molar-refractivity contribution is 7.86. The number of amides is 1. The number of non-ortho nitro benzene ring substituents is 1. The lowest BCUT2D eigenvalue weighted by Gasteiger charge is -2.24. The summed E-state index contributed by atoms with van der Waals surface area (Å²) in [6.07, 6.45) is 0.666. The first-order valence-electron chi connectivity index (χ1n) is 7.76. The SMILES string of the molecule is C/C(=N\C(=O)OCc1ccc([N+](=O)[O-])cc1)N1CCCC1OS(C)(=O)=O. The van der Waals surface area contributed by atoms with Crippen LogP contribution >= 0.6 is 0 Å². The first-order chi connectivity index (χ1) is 12.2. The molecule has 1 aliphatic heterocycles. The maximum absolute atomic E-state index is 11.8. The number of likely N-dealkylation sites (tertiary alicyclic amines) is 1. The van der Waals surface area contributed by atoms with Crippen molar-refractivity contribution in [2.75, 3.05) is 12.8 Å². The van der Waals surface area contributed by atoms with Crippen LogP contribution in [-0.2, 0) is 25.6 Å². The van der Waals surface area contributed by atoms with Crippen molar-refractivity contribution in [1.29, 1.82) is 0 Å². The number of rotatable bonds is 5. The Kier molecular flexibility index (Phi) is 6.27.